The highest BCUT2D eigenvalue weighted by Gasteiger charge is 2.41. The van der Waals surface area contributed by atoms with Gasteiger partial charge in [0.05, 0.1) is 12.0 Å². The predicted molar refractivity (Wildman–Crippen MR) is 134 cm³/mol. The van der Waals surface area contributed by atoms with E-state index in [1.54, 1.807) is 48.5 Å². The number of amides is 2. The molecule has 176 valence electrons. The Balaban J connectivity index is 1.44. The quantitative estimate of drug-likeness (QED) is 0.458. The number of nitrogens with one attached hydrogen (secondary N) is 2. The van der Waals surface area contributed by atoms with Gasteiger partial charge in [0.25, 0.3) is 5.91 Å². The second-order valence-corrected chi connectivity index (χ2v) is 8.58. The molecule has 0 aliphatic carbocycles. The molecule has 0 saturated carbocycles. The molecule has 1 heterocycles. The number of hydrogen-bond acceptors (Lipinski definition) is 4. The van der Waals surface area contributed by atoms with Gasteiger partial charge in [-0.05, 0) is 86.0 Å². The standard InChI is InChI=1S/C27H27ClN2O4/c1-2-34-24-13-11-22(12-14-24)29-25(31)19-3-9-23(10-4-19)30-26(32)27(15-17-33-18-16-27)20-5-7-21(28)8-6-20/h3-14H,2,15-18H2,1H3,(H,29,31)(H,30,32). The first kappa shape index (κ1) is 23.8. The molecule has 0 radical (unpaired) electrons. The lowest BCUT2D eigenvalue weighted by Gasteiger charge is -2.36. The number of carbonyl (C=O) groups is 2. The zero-order chi connectivity index (χ0) is 24.0. The fourth-order valence-corrected chi connectivity index (χ4v) is 4.22. The second kappa shape index (κ2) is 10.7. The number of halogens is 1. The molecule has 1 fully saturated rings. The zero-order valence-corrected chi connectivity index (χ0v) is 19.7. The summed E-state index contributed by atoms with van der Waals surface area (Å²) in [6.07, 6.45) is 1.17. The Kier molecular flexibility index (Phi) is 7.50. The van der Waals surface area contributed by atoms with E-state index in [1.165, 1.54) is 0 Å². The van der Waals surface area contributed by atoms with Crippen molar-refractivity contribution in [3.05, 3.63) is 88.9 Å². The molecule has 1 aliphatic rings. The molecule has 2 amide bonds. The van der Waals surface area contributed by atoms with Crippen molar-refractivity contribution in [1.82, 2.24) is 0 Å². The maximum atomic E-state index is 13.4. The number of hydrogen-bond donors (Lipinski definition) is 2. The average Bonchev–Trinajstić information content (AvgIpc) is 2.86. The minimum atomic E-state index is -0.688. The van der Waals surface area contributed by atoms with Gasteiger partial charge in [-0.15, -0.1) is 0 Å². The van der Waals surface area contributed by atoms with Crippen LogP contribution < -0.4 is 15.4 Å². The summed E-state index contributed by atoms with van der Waals surface area (Å²) in [6, 6.07) is 21.5. The molecule has 0 bridgehead atoms. The maximum Gasteiger partial charge on any atom is 0.255 e. The van der Waals surface area contributed by atoms with E-state index in [0.29, 0.717) is 54.6 Å². The topological polar surface area (TPSA) is 76.7 Å². The minimum absolute atomic E-state index is 0.0929. The Hall–Kier alpha value is -3.35. The van der Waals surface area contributed by atoms with E-state index in [1.807, 2.05) is 31.2 Å². The van der Waals surface area contributed by atoms with E-state index in [2.05, 4.69) is 10.6 Å². The summed E-state index contributed by atoms with van der Waals surface area (Å²) in [5.74, 6) is 0.426. The van der Waals surface area contributed by atoms with Crippen LogP contribution in [0.1, 0.15) is 35.7 Å². The van der Waals surface area contributed by atoms with Crippen LogP contribution >= 0.6 is 11.6 Å². The van der Waals surface area contributed by atoms with E-state index in [4.69, 9.17) is 21.1 Å². The highest BCUT2D eigenvalue weighted by atomic mass is 35.5. The van der Waals surface area contributed by atoms with E-state index in [-0.39, 0.29) is 11.8 Å². The Morgan fingerprint density at radius 1 is 0.882 bits per heavy atom. The highest BCUT2D eigenvalue weighted by Crippen LogP contribution is 2.36. The van der Waals surface area contributed by atoms with Crippen molar-refractivity contribution in [3.63, 3.8) is 0 Å². The van der Waals surface area contributed by atoms with E-state index in [0.717, 1.165) is 11.3 Å². The van der Waals surface area contributed by atoms with Crippen LogP contribution in [0.3, 0.4) is 0 Å². The Labute approximate surface area is 204 Å². The van der Waals surface area contributed by atoms with Crippen molar-refractivity contribution < 1.29 is 19.1 Å². The SMILES string of the molecule is CCOc1ccc(NC(=O)c2ccc(NC(=O)C3(c4ccc(Cl)cc4)CCOCC3)cc2)cc1. The maximum absolute atomic E-state index is 13.4. The third-order valence-corrected chi connectivity index (χ3v) is 6.26. The van der Waals surface area contributed by atoms with Crippen LogP contribution in [-0.4, -0.2) is 31.6 Å². The molecule has 0 spiro atoms. The summed E-state index contributed by atoms with van der Waals surface area (Å²) in [4.78, 5) is 26.0. The van der Waals surface area contributed by atoms with Gasteiger partial charge in [-0.2, -0.15) is 0 Å². The number of rotatable bonds is 7. The van der Waals surface area contributed by atoms with Crippen LogP contribution in [0.25, 0.3) is 0 Å². The smallest absolute Gasteiger partial charge is 0.255 e. The number of ether oxygens (including phenoxy) is 2. The molecule has 3 aromatic rings. The monoisotopic (exact) mass is 478 g/mol. The first-order valence-electron chi connectivity index (χ1n) is 11.3. The van der Waals surface area contributed by atoms with Crippen LogP contribution in [0.15, 0.2) is 72.8 Å². The van der Waals surface area contributed by atoms with Crippen molar-refractivity contribution in [1.29, 1.82) is 0 Å². The highest BCUT2D eigenvalue weighted by molar-refractivity contribution is 6.30. The Bertz CT molecular complexity index is 1120. The van der Waals surface area contributed by atoms with Gasteiger partial charge in [0, 0.05) is 35.2 Å². The van der Waals surface area contributed by atoms with Gasteiger partial charge in [-0.1, -0.05) is 23.7 Å². The average molecular weight is 479 g/mol. The van der Waals surface area contributed by atoms with Crippen molar-refractivity contribution in [2.45, 2.75) is 25.2 Å². The fourth-order valence-electron chi connectivity index (χ4n) is 4.10. The molecule has 4 rings (SSSR count). The summed E-state index contributed by atoms with van der Waals surface area (Å²) in [7, 11) is 0. The van der Waals surface area contributed by atoms with Crippen molar-refractivity contribution in [3.8, 4) is 5.75 Å². The predicted octanol–water partition coefficient (Wildman–Crippen LogP) is 5.68. The van der Waals surface area contributed by atoms with Gasteiger partial charge in [-0.3, -0.25) is 9.59 Å². The fraction of sp³-hybridized carbons (Fsp3) is 0.259. The molecule has 1 aliphatic heterocycles. The molecular formula is C27H27ClN2O4. The normalized spacial score (nSPS) is 14.8. The largest absolute Gasteiger partial charge is 0.494 e. The first-order chi connectivity index (χ1) is 16.5. The molecule has 0 atom stereocenters. The van der Waals surface area contributed by atoms with Crippen molar-refractivity contribution in [2.24, 2.45) is 0 Å². The molecule has 6 nitrogen and oxygen atoms in total. The van der Waals surface area contributed by atoms with Gasteiger partial charge >= 0.3 is 0 Å². The molecule has 34 heavy (non-hydrogen) atoms. The van der Waals surface area contributed by atoms with Crippen LogP contribution in [0, 0.1) is 0 Å². The lowest BCUT2D eigenvalue weighted by molar-refractivity contribution is -0.125. The van der Waals surface area contributed by atoms with Gasteiger partial charge in [0.15, 0.2) is 0 Å². The summed E-state index contributed by atoms with van der Waals surface area (Å²) in [5, 5.41) is 6.52. The summed E-state index contributed by atoms with van der Waals surface area (Å²) in [6.45, 7) is 3.54. The number of carbonyl (C=O) groups excluding carboxylic acids is 2. The Morgan fingerprint density at radius 3 is 2.09 bits per heavy atom. The minimum Gasteiger partial charge on any atom is -0.494 e. The van der Waals surface area contributed by atoms with Crippen LogP contribution in [0.4, 0.5) is 11.4 Å². The number of anilines is 2. The van der Waals surface area contributed by atoms with Gasteiger partial charge in [0.2, 0.25) is 5.91 Å². The van der Waals surface area contributed by atoms with Crippen LogP contribution in [0.2, 0.25) is 5.02 Å². The first-order valence-corrected chi connectivity index (χ1v) is 11.7. The van der Waals surface area contributed by atoms with E-state index in [9.17, 15) is 9.59 Å². The zero-order valence-electron chi connectivity index (χ0n) is 19.0. The third-order valence-electron chi connectivity index (χ3n) is 6.01. The van der Waals surface area contributed by atoms with Crippen LogP contribution in [-0.2, 0) is 14.9 Å². The van der Waals surface area contributed by atoms with Gasteiger partial charge in [-0.25, -0.2) is 0 Å². The van der Waals surface area contributed by atoms with Crippen molar-refractivity contribution >= 4 is 34.8 Å². The lowest BCUT2D eigenvalue weighted by Crippen LogP contribution is -2.44. The van der Waals surface area contributed by atoms with Gasteiger partial charge in [0.1, 0.15) is 5.75 Å². The number of benzene rings is 3. The molecule has 2 N–H and O–H groups in total. The second-order valence-electron chi connectivity index (χ2n) is 8.14. The third kappa shape index (κ3) is 5.41. The summed E-state index contributed by atoms with van der Waals surface area (Å²) < 4.78 is 10.9. The van der Waals surface area contributed by atoms with Gasteiger partial charge < -0.3 is 20.1 Å². The van der Waals surface area contributed by atoms with Crippen LogP contribution in [0.5, 0.6) is 5.75 Å². The van der Waals surface area contributed by atoms with E-state index >= 15 is 0 Å². The molecular weight excluding hydrogens is 452 g/mol. The summed E-state index contributed by atoms with van der Waals surface area (Å²) >= 11 is 6.05. The van der Waals surface area contributed by atoms with E-state index < -0.39 is 5.41 Å². The molecule has 7 heteroatoms. The Morgan fingerprint density at radius 2 is 1.47 bits per heavy atom. The molecule has 3 aromatic carbocycles. The van der Waals surface area contributed by atoms with Crippen molar-refractivity contribution in [2.75, 3.05) is 30.5 Å². The summed E-state index contributed by atoms with van der Waals surface area (Å²) in [5.41, 5.74) is 2.03. The molecule has 1 saturated heterocycles. The lowest BCUT2D eigenvalue weighted by atomic mass is 9.73. The molecule has 0 unspecified atom stereocenters. The molecule has 0 aromatic heterocycles.